The van der Waals surface area contributed by atoms with Gasteiger partial charge in [0, 0.05) is 31.0 Å². The molecule has 5 atom stereocenters. The number of amides is 4. The number of carbonyl (C=O) groups is 3. The number of nitrogens with zero attached hydrogens (tertiary/aromatic N) is 2. The van der Waals surface area contributed by atoms with Crippen molar-refractivity contribution in [2.45, 2.75) is 83.7 Å². The summed E-state index contributed by atoms with van der Waals surface area (Å²) < 4.78 is 5.17. The van der Waals surface area contributed by atoms with Gasteiger partial charge < -0.3 is 36.0 Å². The third-order valence-corrected chi connectivity index (χ3v) is 7.83. The maximum absolute atomic E-state index is 12.8. The molecule has 2 rings (SSSR count). The fraction of sp³-hybridized carbons (Fsp3) is 0.667. The molecule has 0 saturated heterocycles. The van der Waals surface area contributed by atoms with E-state index in [2.05, 4.69) is 40.1 Å². The highest BCUT2D eigenvalue weighted by Gasteiger charge is 2.29. The van der Waals surface area contributed by atoms with Gasteiger partial charge in [-0.05, 0) is 44.9 Å². The first-order valence-corrected chi connectivity index (χ1v) is 14.2. The molecule has 208 valence electrons. The van der Waals surface area contributed by atoms with Gasteiger partial charge in [-0.2, -0.15) is 0 Å². The van der Waals surface area contributed by atoms with Crippen molar-refractivity contribution in [2.24, 2.45) is 5.92 Å². The van der Waals surface area contributed by atoms with Crippen LogP contribution in [0, 0.1) is 5.92 Å². The molecule has 0 bridgehead atoms. The normalized spacial score (nSPS) is 18.2. The molecule has 1 aliphatic rings. The number of thioether (sulfide) groups is 1. The molecule has 1 aromatic rings. The lowest BCUT2D eigenvalue weighted by Gasteiger charge is -2.27. The summed E-state index contributed by atoms with van der Waals surface area (Å²) in [6, 6.07) is -1.96. The highest BCUT2D eigenvalue weighted by Crippen LogP contribution is 2.26. The van der Waals surface area contributed by atoms with Crippen molar-refractivity contribution < 1.29 is 24.2 Å². The third-order valence-electron chi connectivity index (χ3n) is 5.70. The van der Waals surface area contributed by atoms with Crippen LogP contribution in [0.4, 0.5) is 9.59 Å². The molecule has 0 spiro atoms. The Morgan fingerprint density at radius 3 is 2.38 bits per heavy atom. The highest BCUT2D eigenvalue weighted by atomic mass is 32.2. The molecule has 2 unspecified atom stereocenters. The van der Waals surface area contributed by atoms with Crippen LogP contribution >= 0.6 is 23.1 Å². The Bertz CT molecular complexity index is 911. The summed E-state index contributed by atoms with van der Waals surface area (Å²) in [5.41, 5.74) is 2.61. The largest absolute Gasteiger partial charge is 0.444 e. The predicted octanol–water partition coefficient (Wildman–Crippen LogP) is 2.59. The molecule has 5 N–H and O–H groups in total. The number of rotatable bonds is 13. The van der Waals surface area contributed by atoms with Gasteiger partial charge in [-0.15, -0.1) is 23.1 Å². The molecule has 0 fully saturated rings. The molecule has 0 saturated carbocycles. The average molecular weight is 557 g/mol. The number of likely N-dealkylation sites (N-methyl/N-ethyl adjacent to an activating group) is 1. The molecule has 13 heteroatoms. The summed E-state index contributed by atoms with van der Waals surface area (Å²) in [4.78, 5) is 43.7. The van der Waals surface area contributed by atoms with Crippen molar-refractivity contribution in [1.29, 1.82) is 0 Å². The van der Waals surface area contributed by atoms with Crippen molar-refractivity contribution in [2.75, 3.05) is 13.6 Å². The zero-order chi connectivity index (χ0) is 27.5. The van der Waals surface area contributed by atoms with Crippen LogP contribution in [0.3, 0.4) is 0 Å². The van der Waals surface area contributed by atoms with Gasteiger partial charge in [-0.25, -0.2) is 9.59 Å². The van der Waals surface area contributed by atoms with Crippen LogP contribution in [0.2, 0.25) is 0 Å². The first kappa shape index (κ1) is 30.7. The van der Waals surface area contributed by atoms with E-state index in [0.717, 1.165) is 10.6 Å². The minimum atomic E-state index is -1.10. The number of thiazole rings is 1. The van der Waals surface area contributed by atoms with Gasteiger partial charge in [0.1, 0.15) is 12.6 Å². The van der Waals surface area contributed by atoms with E-state index in [-0.39, 0.29) is 24.1 Å². The third kappa shape index (κ3) is 10.8. The maximum Gasteiger partial charge on any atom is 0.407 e. The summed E-state index contributed by atoms with van der Waals surface area (Å²) in [5.74, 6) is -0.0209. The molecule has 0 aliphatic carbocycles. The smallest absolute Gasteiger partial charge is 0.407 e. The lowest BCUT2D eigenvalue weighted by Crippen LogP contribution is -2.56. The molecule has 1 aliphatic heterocycles. The Labute approximate surface area is 227 Å². The first-order chi connectivity index (χ1) is 17.5. The van der Waals surface area contributed by atoms with E-state index in [1.165, 1.54) is 23.2 Å². The molecule has 11 nitrogen and oxygen atoms in total. The molecule has 0 radical (unpaired) electrons. The maximum atomic E-state index is 12.8. The van der Waals surface area contributed by atoms with Crippen molar-refractivity contribution in [3.8, 4) is 0 Å². The predicted molar refractivity (Wildman–Crippen MR) is 146 cm³/mol. The van der Waals surface area contributed by atoms with Gasteiger partial charge in [0.15, 0.2) is 0 Å². The van der Waals surface area contributed by atoms with Crippen molar-refractivity contribution in [3.05, 3.63) is 27.7 Å². The van der Waals surface area contributed by atoms with E-state index in [4.69, 9.17) is 4.74 Å². The number of aromatic nitrogens is 1. The molecule has 2 heterocycles. The Balaban J connectivity index is 1.73. The lowest BCUT2D eigenvalue weighted by atomic mass is 10.1. The Kier molecular flexibility index (Phi) is 12.5. The van der Waals surface area contributed by atoms with Gasteiger partial charge in [-0.1, -0.05) is 13.8 Å². The Morgan fingerprint density at radius 1 is 1.14 bits per heavy atom. The van der Waals surface area contributed by atoms with Crippen molar-refractivity contribution in [3.63, 3.8) is 0 Å². The van der Waals surface area contributed by atoms with Crippen LogP contribution in [-0.2, 0) is 16.1 Å². The van der Waals surface area contributed by atoms with Crippen LogP contribution in [0.15, 0.2) is 22.8 Å². The van der Waals surface area contributed by atoms with E-state index in [1.54, 1.807) is 30.5 Å². The SMILES string of the molecule is CC(C)C1NC(CN(C)C(=O)N[C@H](C(=O)N[C@@H](C)CC[C@H](C)NC(=O)OCc2cncs2)C(C)O)=CS1. The summed E-state index contributed by atoms with van der Waals surface area (Å²) in [6.45, 7) is 9.94. The number of hydrogen-bond donors (Lipinski definition) is 5. The van der Waals surface area contributed by atoms with E-state index < -0.39 is 30.2 Å². The number of ether oxygens (including phenoxy) is 1. The monoisotopic (exact) mass is 556 g/mol. The second-order valence-electron chi connectivity index (χ2n) is 9.69. The van der Waals surface area contributed by atoms with Gasteiger partial charge in [0.05, 0.1) is 28.4 Å². The Morgan fingerprint density at radius 2 is 1.81 bits per heavy atom. The molecular weight excluding hydrogens is 516 g/mol. The number of hydrogen-bond acceptors (Lipinski definition) is 9. The number of aliphatic hydroxyl groups excluding tert-OH is 1. The van der Waals surface area contributed by atoms with Gasteiger partial charge in [0.2, 0.25) is 5.91 Å². The summed E-state index contributed by atoms with van der Waals surface area (Å²) >= 11 is 3.10. The van der Waals surface area contributed by atoms with E-state index in [0.29, 0.717) is 25.3 Å². The topological polar surface area (TPSA) is 145 Å². The van der Waals surface area contributed by atoms with E-state index in [9.17, 15) is 19.5 Å². The molecular formula is C24H40N6O5S2. The second kappa shape index (κ2) is 15.0. The molecule has 0 aromatic carbocycles. The fourth-order valence-electron chi connectivity index (χ4n) is 3.46. The second-order valence-corrected chi connectivity index (χ2v) is 11.7. The van der Waals surface area contributed by atoms with Crippen LogP contribution in [0.1, 0.15) is 52.3 Å². The van der Waals surface area contributed by atoms with Gasteiger partial charge in [0.25, 0.3) is 0 Å². The molecule has 4 amide bonds. The number of nitrogens with one attached hydrogen (secondary N) is 4. The zero-order valence-corrected chi connectivity index (χ0v) is 23.9. The quantitative estimate of drug-likeness (QED) is 0.249. The standard InChI is InChI=1S/C24H40N6O5S2/c1-14(2)22-28-18(12-36-22)10-30(6)23(33)29-20(17(5)31)21(32)26-15(3)7-8-16(4)27-24(34)35-11-19-9-25-13-37-19/h9,12-17,20,22,28,31H,7-8,10-11H2,1-6H3,(H,26,32)(H,27,34)(H,29,33)/t15-,16-,17?,20-,22?/m0/s1. The molecule has 1 aromatic heterocycles. The molecule has 37 heavy (non-hydrogen) atoms. The minimum absolute atomic E-state index is 0.166. The summed E-state index contributed by atoms with van der Waals surface area (Å²) in [7, 11) is 1.64. The van der Waals surface area contributed by atoms with Gasteiger partial charge in [-0.3, -0.25) is 9.78 Å². The van der Waals surface area contributed by atoms with Crippen LogP contribution in [0.5, 0.6) is 0 Å². The van der Waals surface area contributed by atoms with E-state index in [1.807, 2.05) is 19.3 Å². The number of carbonyl (C=O) groups excluding carboxylic acids is 3. The highest BCUT2D eigenvalue weighted by molar-refractivity contribution is 8.03. The Hall–Kier alpha value is -2.51. The minimum Gasteiger partial charge on any atom is -0.444 e. The number of alkyl carbamates (subject to hydrolysis) is 1. The summed E-state index contributed by atoms with van der Waals surface area (Å²) in [6.07, 6.45) is 1.24. The van der Waals surface area contributed by atoms with Gasteiger partial charge >= 0.3 is 12.1 Å². The summed E-state index contributed by atoms with van der Waals surface area (Å²) in [5, 5.41) is 24.1. The number of aliphatic hydroxyl groups is 1. The van der Waals surface area contributed by atoms with Crippen molar-refractivity contribution >= 4 is 41.1 Å². The number of urea groups is 1. The zero-order valence-electron chi connectivity index (χ0n) is 22.3. The van der Waals surface area contributed by atoms with Crippen molar-refractivity contribution in [1.82, 2.24) is 31.2 Å². The van der Waals surface area contributed by atoms with Crippen LogP contribution < -0.4 is 21.3 Å². The first-order valence-electron chi connectivity index (χ1n) is 12.4. The van der Waals surface area contributed by atoms with Crippen LogP contribution in [-0.4, -0.2) is 76.2 Å². The van der Waals surface area contributed by atoms with Crippen LogP contribution in [0.25, 0.3) is 0 Å². The van der Waals surface area contributed by atoms with E-state index >= 15 is 0 Å². The fourth-order valence-corrected chi connectivity index (χ4v) is 4.95. The lowest BCUT2D eigenvalue weighted by molar-refractivity contribution is -0.126. The average Bonchev–Trinajstić information content (AvgIpc) is 3.51.